The summed E-state index contributed by atoms with van der Waals surface area (Å²) in [4.78, 5) is 17.1. The van der Waals surface area contributed by atoms with Crippen LogP contribution >= 0.6 is 0 Å². The van der Waals surface area contributed by atoms with Crippen LogP contribution in [0, 0.1) is 5.82 Å². The Bertz CT molecular complexity index is 950. The molecule has 0 N–H and O–H groups in total. The molecule has 3 aromatic rings. The molecule has 1 amide bonds. The van der Waals surface area contributed by atoms with Gasteiger partial charge in [0.1, 0.15) is 17.6 Å². The molecule has 1 aliphatic heterocycles. The summed E-state index contributed by atoms with van der Waals surface area (Å²) in [5.41, 5.74) is 1.18. The fraction of sp³-hybridized carbons (Fsp3) is 0.273. The van der Waals surface area contributed by atoms with Crippen LogP contribution in [-0.4, -0.2) is 46.8 Å². The number of carbonyl (C=O) groups excluding carboxylic acids is 1. The van der Waals surface area contributed by atoms with Gasteiger partial charge in [0.05, 0.1) is 12.4 Å². The Morgan fingerprint density at radius 2 is 1.69 bits per heavy atom. The summed E-state index contributed by atoms with van der Waals surface area (Å²) in [6, 6.07) is 15.6. The van der Waals surface area contributed by atoms with E-state index in [2.05, 4.69) is 22.1 Å². The van der Waals surface area contributed by atoms with E-state index in [0.29, 0.717) is 24.6 Å². The van der Waals surface area contributed by atoms with Gasteiger partial charge >= 0.3 is 0 Å². The van der Waals surface area contributed by atoms with E-state index in [4.69, 9.17) is 4.74 Å². The van der Waals surface area contributed by atoms with Crippen molar-refractivity contribution >= 4 is 11.6 Å². The summed E-state index contributed by atoms with van der Waals surface area (Å²) in [5, 5.41) is 4.27. The summed E-state index contributed by atoms with van der Waals surface area (Å²) in [6.45, 7) is 4.80. The molecule has 4 rings (SSSR count). The number of nitrogens with zero attached hydrogens (tertiary/aromatic N) is 4. The molecule has 1 fully saturated rings. The molecule has 2 heterocycles. The Morgan fingerprint density at radius 1 is 1.00 bits per heavy atom. The van der Waals surface area contributed by atoms with Crippen LogP contribution in [-0.2, 0) is 4.79 Å². The van der Waals surface area contributed by atoms with E-state index < -0.39 is 6.04 Å². The highest BCUT2D eigenvalue weighted by Crippen LogP contribution is 2.23. The summed E-state index contributed by atoms with van der Waals surface area (Å²) in [5.74, 6) is 0.737. The summed E-state index contributed by atoms with van der Waals surface area (Å²) >= 11 is 0. The maximum Gasteiger partial charge on any atom is 0.247 e. The van der Waals surface area contributed by atoms with Gasteiger partial charge in [-0.15, -0.1) is 0 Å². The van der Waals surface area contributed by atoms with Crippen molar-refractivity contribution in [2.24, 2.45) is 0 Å². The van der Waals surface area contributed by atoms with Crippen LogP contribution in [0.25, 0.3) is 0 Å². The van der Waals surface area contributed by atoms with Crippen molar-refractivity contribution < 1.29 is 13.9 Å². The lowest BCUT2D eigenvalue weighted by Crippen LogP contribution is -2.50. The van der Waals surface area contributed by atoms with Crippen LogP contribution in [0.2, 0.25) is 0 Å². The summed E-state index contributed by atoms with van der Waals surface area (Å²) < 4.78 is 20.3. The van der Waals surface area contributed by atoms with Gasteiger partial charge in [-0.2, -0.15) is 5.10 Å². The Labute approximate surface area is 169 Å². The molecular weight excluding hydrogens is 371 g/mol. The summed E-state index contributed by atoms with van der Waals surface area (Å²) in [7, 11) is 0. The van der Waals surface area contributed by atoms with Gasteiger partial charge in [-0.3, -0.25) is 9.48 Å². The van der Waals surface area contributed by atoms with Crippen molar-refractivity contribution in [1.29, 1.82) is 0 Å². The third kappa shape index (κ3) is 4.39. The van der Waals surface area contributed by atoms with Gasteiger partial charge in [0, 0.05) is 31.9 Å². The molecule has 29 heavy (non-hydrogen) atoms. The Morgan fingerprint density at radius 3 is 2.38 bits per heavy atom. The highest BCUT2D eigenvalue weighted by molar-refractivity contribution is 5.80. The van der Waals surface area contributed by atoms with Gasteiger partial charge in [-0.1, -0.05) is 18.2 Å². The molecule has 0 spiro atoms. The first-order valence-corrected chi connectivity index (χ1v) is 9.66. The van der Waals surface area contributed by atoms with Crippen molar-refractivity contribution in [3.63, 3.8) is 0 Å². The number of halogens is 1. The smallest absolute Gasteiger partial charge is 0.247 e. The van der Waals surface area contributed by atoms with Gasteiger partial charge in [0.2, 0.25) is 5.91 Å². The lowest BCUT2D eigenvalue weighted by Gasteiger charge is -2.37. The molecule has 2 aromatic carbocycles. The van der Waals surface area contributed by atoms with Crippen molar-refractivity contribution in [1.82, 2.24) is 14.7 Å². The van der Waals surface area contributed by atoms with Gasteiger partial charge in [0.15, 0.2) is 5.75 Å². The third-order valence-electron chi connectivity index (χ3n) is 5.09. The average molecular weight is 394 g/mol. The molecule has 0 aliphatic carbocycles. The molecular formula is C22H23FN4O2. The molecule has 7 heteroatoms. The van der Waals surface area contributed by atoms with Gasteiger partial charge in [0.25, 0.3) is 0 Å². The monoisotopic (exact) mass is 394 g/mol. The van der Waals surface area contributed by atoms with E-state index in [-0.39, 0.29) is 11.7 Å². The Hall–Kier alpha value is -3.35. The first-order chi connectivity index (χ1) is 14.1. The Kier molecular flexibility index (Phi) is 5.46. The zero-order chi connectivity index (χ0) is 20.2. The van der Waals surface area contributed by atoms with Gasteiger partial charge in [-0.25, -0.2) is 4.39 Å². The second-order valence-corrected chi connectivity index (χ2v) is 7.04. The van der Waals surface area contributed by atoms with Crippen molar-refractivity contribution in [2.45, 2.75) is 13.0 Å². The van der Waals surface area contributed by atoms with E-state index in [1.807, 2.05) is 30.0 Å². The number of amides is 1. The molecule has 6 nitrogen and oxygen atoms in total. The van der Waals surface area contributed by atoms with E-state index in [9.17, 15) is 9.18 Å². The van der Waals surface area contributed by atoms with Crippen LogP contribution in [0.15, 0.2) is 67.0 Å². The Balaban J connectivity index is 1.35. The molecule has 0 saturated carbocycles. The molecule has 150 valence electrons. The lowest BCUT2D eigenvalue weighted by molar-refractivity contribution is -0.134. The largest absolute Gasteiger partial charge is 0.454 e. The number of para-hydroxylation sites is 1. The number of piperazine rings is 1. The number of hydrogen-bond donors (Lipinski definition) is 0. The van der Waals surface area contributed by atoms with Crippen molar-refractivity contribution in [3.8, 4) is 11.5 Å². The van der Waals surface area contributed by atoms with Crippen LogP contribution in [0.5, 0.6) is 11.5 Å². The second-order valence-electron chi connectivity index (χ2n) is 7.04. The van der Waals surface area contributed by atoms with E-state index in [1.165, 1.54) is 17.8 Å². The number of benzene rings is 2. The van der Waals surface area contributed by atoms with Crippen LogP contribution in [0.4, 0.5) is 10.1 Å². The molecule has 1 unspecified atom stereocenters. The third-order valence-corrected chi connectivity index (χ3v) is 5.09. The molecule has 0 bridgehead atoms. The van der Waals surface area contributed by atoms with E-state index in [0.717, 1.165) is 13.1 Å². The lowest BCUT2D eigenvalue weighted by atomic mass is 10.2. The van der Waals surface area contributed by atoms with Gasteiger partial charge < -0.3 is 14.5 Å². The topological polar surface area (TPSA) is 50.6 Å². The van der Waals surface area contributed by atoms with Crippen LogP contribution < -0.4 is 9.64 Å². The van der Waals surface area contributed by atoms with Crippen LogP contribution in [0.1, 0.15) is 13.0 Å². The maximum atomic E-state index is 13.0. The summed E-state index contributed by atoms with van der Waals surface area (Å²) in [6.07, 6.45) is 3.24. The van der Waals surface area contributed by atoms with Crippen LogP contribution in [0.3, 0.4) is 0 Å². The first kappa shape index (κ1) is 19.0. The molecule has 1 saturated heterocycles. The quantitative estimate of drug-likeness (QED) is 0.662. The fourth-order valence-electron chi connectivity index (χ4n) is 3.43. The van der Waals surface area contributed by atoms with Crippen molar-refractivity contribution in [3.05, 3.63) is 72.8 Å². The zero-order valence-electron chi connectivity index (χ0n) is 16.2. The number of aromatic nitrogens is 2. The van der Waals surface area contributed by atoms with E-state index >= 15 is 0 Å². The standard InChI is InChI=1S/C22H23FN4O2/c1-17(27-16-21(15-24-27)29-20-9-7-18(23)8-10-20)22(28)26-13-11-25(12-14-26)19-5-3-2-4-6-19/h2-10,15-17H,11-14H2,1H3. The van der Waals surface area contributed by atoms with E-state index in [1.54, 1.807) is 29.2 Å². The second kappa shape index (κ2) is 8.34. The van der Waals surface area contributed by atoms with Crippen molar-refractivity contribution in [2.75, 3.05) is 31.1 Å². The minimum Gasteiger partial charge on any atom is -0.454 e. The fourth-order valence-corrected chi connectivity index (χ4v) is 3.43. The zero-order valence-corrected chi connectivity index (χ0v) is 16.2. The molecule has 1 aromatic heterocycles. The number of hydrogen-bond acceptors (Lipinski definition) is 4. The highest BCUT2D eigenvalue weighted by Gasteiger charge is 2.26. The first-order valence-electron chi connectivity index (χ1n) is 9.66. The maximum absolute atomic E-state index is 13.0. The molecule has 1 atom stereocenters. The number of ether oxygens (including phenoxy) is 1. The number of carbonyl (C=O) groups is 1. The molecule has 1 aliphatic rings. The number of rotatable bonds is 5. The molecule has 0 radical (unpaired) electrons. The predicted molar refractivity (Wildman–Crippen MR) is 109 cm³/mol. The minimum absolute atomic E-state index is 0.0362. The highest BCUT2D eigenvalue weighted by atomic mass is 19.1. The SMILES string of the molecule is CC(C(=O)N1CCN(c2ccccc2)CC1)n1cc(Oc2ccc(F)cc2)cn1. The minimum atomic E-state index is -0.427. The van der Waals surface area contributed by atoms with Gasteiger partial charge in [-0.05, 0) is 43.3 Å². The normalized spacial score (nSPS) is 15.2. The average Bonchev–Trinajstić information content (AvgIpc) is 3.23. The number of anilines is 1. The predicted octanol–water partition coefficient (Wildman–Crippen LogP) is 3.72.